The highest BCUT2D eigenvalue weighted by molar-refractivity contribution is 9.11. The van der Waals surface area contributed by atoms with E-state index in [4.69, 9.17) is 9.47 Å². The summed E-state index contributed by atoms with van der Waals surface area (Å²) in [6, 6.07) is 9.39. The molecule has 0 unspecified atom stereocenters. The number of nitrogens with zero attached hydrogens (tertiary/aromatic N) is 2. The van der Waals surface area contributed by atoms with E-state index in [1.165, 1.54) is 24.4 Å². The Hall–Kier alpha value is -2.79. The largest absolute Gasteiger partial charge is 0.480 e. The molecule has 0 aliphatic carbocycles. The fourth-order valence-corrected chi connectivity index (χ4v) is 3.81. The van der Waals surface area contributed by atoms with E-state index in [-0.39, 0.29) is 25.3 Å². The van der Waals surface area contributed by atoms with Crippen LogP contribution in [0.5, 0.6) is 5.75 Å². The fourth-order valence-electron chi connectivity index (χ4n) is 2.36. The predicted octanol–water partition coefficient (Wildman–Crippen LogP) is 3.75. The van der Waals surface area contributed by atoms with Gasteiger partial charge in [0, 0.05) is 11.6 Å². The van der Waals surface area contributed by atoms with Crippen molar-refractivity contribution in [3.8, 4) is 5.75 Å². The molecular weight excluding hydrogens is 526 g/mol. The van der Waals surface area contributed by atoms with Crippen LogP contribution in [0.4, 0.5) is 5.69 Å². The zero-order chi connectivity index (χ0) is 22.1. The van der Waals surface area contributed by atoms with E-state index < -0.39 is 16.8 Å². The van der Waals surface area contributed by atoms with Gasteiger partial charge in [0.1, 0.15) is 5.75 Å². The molecule has 2 aromatic rings. The SMILES string of the molecule is CCOC(=O)COc1c(Br)cc(/C=N/NC(=O)Cc2ccccc2[N+](=O)[O-])cc1Br. The lowest BCUT2D eigenvalue weighted by atomic mass is 10.1. The van der Waals surface area contributed by atoms with Gasteiger partial charge >= 0.3 is 5.97 Å². The molecule has 0 spiro atoms. The summed E-state index contributed by atoms with van der Waals surface area (Å²) in [5.41, 5.74) is 3.14. The van der Waals surface area contributed by atoms with Gasteiger partial charge < -0.3 is 9.47 Å². The Bertz CT molecular complexity index is 957. The third-order valence-corrected chi connectivity index (χ3v) is 4.78. The number of nitro groups is 1. The summed E-state index contributed by atoms with van der Waals surface area (Å²) >= 11 is 6.71. The summed E-state index contributed by atoms with van der Waals surface area (Å²) in [5.74, 6) is -0.558. The predicted molar refractivity (Wildman–Crippen MR) is 117 cm³/mol. The first-order chi connectivity index (χ1) is 14.3. The number of nitro benzene ring substituents is 1. The van der Waals surface area contributed by atoms with E-state index in [0.29, 0.717) is 25.8 Å². The molecule has 1 amide bonds. The van der Waals surface area contributed by atoms with E-state index in [2.05, 4.69) is 42.4 Å². The number of ether oxygens (including phenoxy) is 2. The van der Waals surface area contributed by atoms with E-state index in [1.807, 2.05) is 0 Å². The number of hydrazone groups is 1. The maximum Gasteiger partial charge on any atom is 0.344 e. The Morgan fingerprint density at radius 3 is 2.53 bits per heavy atom. The third kappa shape index (κ3) is 6.92. The van der Waals surface area contributed by atoms with Crippen molar-refractivity contribution in [2.45, 2.75) is 13.3 Å². The summed E-state index contributed by atoms with van der Waals surface area (Å²) in [5, 5.41) is 14.9. The zero-order valence-corrected chi connectivity index (χ0v) is 18.9. The number of hydrogen-bond donors (Lipinski definition) is 1. The lowest BCUT2D eigenvalue weighted by Gasteiger charge is -2.10. The van der Waals surface area contributed by atoms with Gasteiger partial charge in [-0.1, -0.05) is 18.2 Å². The van der Waals surface area contributed by atoms with Crippen molar-refractivity contribution in [3.63, 3.8) is 0 Å². The highest BCUT2D eigenvalue weighted by Crippen LogP contribution is 2.34. The van der Waals surface area contributed by atoms with Gasteiger partial charge in [-0.3, -0.25) is 14.9 Å². The van der Waals surface area contributed by atoms with Crippen molar-refractivity contribution in [3.05, 3.63) is 66.6 Å². The monoisotopic (exact) mass is 541 g/mol. The van der Waals surface area contributed by atoms with E-state index >= 15 is 0 Å². The smallest absolute Gasteiger partial charge is 0.344 e. The molecule has 2 rings (SSSR count). The minimum Gasteiger partial charge on any atom is -0.480 e. The number of esters is 1. The second kappa shape index (κ2) is 11.4. The van der Waals surface area contributed by atoms with Crippen LogP contribution >= 0.6 is 31.9 Å². The van der Waals surface area contributed by atoms with Crippen LogP contribution in [-0.4, -0.2) is 36.2 Å². The van der Waals surface area contributed by atoms with Crippen LogP contribution in [0, 0.1) is 10.1 Å². The van der Waals surface area contributed by atoms with Crippen LogP contribution in [0.15, 0.2) is 50.4 Å². The van der Waals surface area contributed by atoms with E-state index in [9.17, 15) is 19.7 Å². The molecule has 0 saturated heterocycles. The van der Waals surface area contributed by atoms with Crippen molar-refractivity contribution in [2.24, 2.45) is 5.10 Å². The molecule has 0 radical (unpaired) electrons. The average Bonchev–Trinajstić information content (AvgIpc) is 2.67. The van der Waals surface area contributed by atoms with Gasteiger partial charge in [-0.25, -0.2) is 10.2 Å². The molecule has 0 aliphatic heterocycles. The second-order valence-electron chi connectivity index (χ2n) is 5.76. The van der Waals surface area contributed by atoms with Crippen molar-refractivity contribution in [2.75, 3.05) is 13.2 Å². The molecule has 0 aliphatic rings. The molecule has 11 heteroatoms. The van der Waals surface area contributed by atoms with Gasteiger partial charge in [0.15, 0.2) is 6.61 Å². The number of nitrogens with one attached hydrogen (secondary N) is 1. The van der Waals surface area contributed by atoms with E-state index in [1.54, 1.807) is 25.1 Å². The quantitative estimate of drug-likeness (QED) is 0.223. The van der Waals surface area contributed by atoms with Crippen LogP contribution in [-0.2, 0) is 20.7 Å². The number of carbonyl (C=O) groups excluding carboxylic acids is 2. The maximum absolute atomic E-state index is 12.0. The van der Waals surface area contributed by atoms with Crippen molar-refractivity contribution in [1.82, 2.24) is 5.43 Å². The second-order valence-corrected chi connectivity index (χ2v) is 7.47. The minimum absolute atomic E-state index is 0.122. The molecule has 0 bridgehead atoms. The fraction of sp³-hybridized carbons (Fsp3) is 0.211. The number of benzene rings is 2. The van der Waals surface area contributed by atoms with Gasteiger partial charge in [-0.2, -0.15) is 5.10 Å². The molecule has 9 nitrogen and oxygen atoms in total. The number of halogens is 2. The van der Waals surface area contributed by atoms with Gasteiger partial charge in [0.05, 0.1) is 33.1 Å². The Morgan fingerprint density at radius 2 is 1.90 bits per heavy atom. The summed E-state index contributed by atoms with van der Waals surface area (Å²) in [7, 11) is 0. The van der Waals surface area contributed by atoms with Crippen molar-refractivity contribution >= 4 is 55.6 Å². The summed E-state index contributed by atoms with van der Waals surface area (Å²) < 4.78 is 11.4. The van der Waals surface area contributed by atoms with Gasteiger partial charge in [0.2, 0.25) is 5.91 Å². The lowest BCUT2D eigenvalue weighted by Crippen LogP contribution is -2.20. The standard InChI is InChI=1S/C19H17Br2N3O6/c1-2-29-18(26)11-30-19-14(20)7-12(8-15(19)21)10-22-23-17(25)9-13-5-3-4-6-16(13)24(27)28/h3-8,10H,2,9,11H2,1H3,(H,23,25)/b22-10+. The van der Waals surface area contributed by atoms with Crippen LogP contribution < -0.4 is 10.2 Å². The first kappa shape index (κ1) is 23.5. The van der Waals surface area contributed by atoms with E-state index in [0.717, 1.165) is 0 Å². The molecule has 2 aromatic carbocycles. The maximum atomic E-state index is 12.0. The first-order valence-electron chi connectivity index (χ1n) is 8.63. The number of rotatable bonds is 9. The van der Waals surface area contributed by atoms with Crippen molar-refractivity contribution in [1.29, 1.82) is 0 Å². The zero-order valence-electron chi connectivity index (χ0n) is 15.8. The molecule has 158 valence electrons. The lowest BCUT2D eigenvalue weighted by molar-refractivity contribution is -0.385. The number of carbonyl (C=O) groups is 2. The molecule has 0 aromatic heterocycles. The number of hydrogen-bond acceptors (Lipinski definition) is 7. The highest BCUT2D eigenvalue weighted by atomic mass is 79.9. The van der Waals surface area contributed by atoms with Crippen LogP contribution in [0.1, 0.15) is 18.1 Å². The number of para-hydroxylation sites is 1. The third-order valence-electron chi connectivity index (χ3n) is 3.60. The average molecular weight is 543 g/mol. The Morgan fingerprint density at radius 1 is 1.23 bits per heavy atom. The van der Waals surface area contributed by atoms with Gasteiger partial charge in [-0.15, -0.1) is 0 Å². The van der Waals surface area contributed by atoms with Crippen molar-refractivity contribution < 1.29 is 24.0 Å². The van der Waals surface area contributed by atoms with Crippen LogP contribution in [0.2, 0.25) is 0 Å². The number of amides is 1. The topological polar surface area (TPSA) is 120 Å². The van der Waals surface area contributed by atoms with Crippen LogP contribution in [0.25, 0.3) is 0 Å². The Balaban J connectivity index is 1.99. The summed E-state index contributed by atoms with van der Waals surface area (Å²) in [4.78, 5) is 33.9. The molecular formula is C19H17Br2N3O6. The Kier molecular flexibility index (Phi) is 8.93. The first-order valence-corrected chi connectivity index (χ1v) is 10.2. The highest BCUT2D eigenvalue weighted by Gasteiger charge is 2.15. The van der Waals surface area contributed by atoms with Gasteiger partial charge in [0.25, 0.3) is 5.69 Å². The Labute approximate surface area is 188 Å². The minimum atomic E-state index is -0.535. The molecule has 0 fully saturated rings. The molecule has 0 saturated carbocycles. The summed E-state index contributed by atoms with van der Waals surface area (Å²) in [6.07, 6.45) is 1.23. The molecule has 30 heavy (non-hydrogen) atoms. The molecule has 1 N–H and O–H groups in total. The molecule has 0 heterocycles. The normalized spacial score (nSPS) is 10.6. The van der Waals surface area contributed by atoms with Gasteiger partial charge in [-0.05, 0) is 56.5 Å². The summed E-state index contributed by atoms with van der Waals surface area (Å²) in [6.45, 7) is 1.74. The molecule has 0 atom stereocenters. The van der Waals surface area contributed by atoms with Crippen LogP contribution in [0.3, 0.4) is 0 Å².